The Hall–Kier alpha value is -0.590. The maximum atomic E-state index is 12.3. The molecular weight excluding hydrogens is 330 g/mol. The van der Waals surface area contributed by atoms with Gasteiger partial charge in [-0.3, -0.25) is 0 Å². The molecule has 0 unspecified atom stereocenters. The minimum atomic E-state index is -3.44. The summed E-state index contributed by atoms with van der Waals surface area (Å²) in [6, 6.07) is 4.86. The van der Waals surface area contributed by atoms with Crippen molar-refractivity contribution < 1.29 is 13.2 Å². The molecule has 6 heteroatoms. The maximum absolute atomic E-state index is 12.3. The Morgan fingerprint density at radius 3 is 2.53 bits per heavy atom. The molecule has 1 aliphatic carbocycles. The van der Waals surface area contributed by atoms with Crippen molar-refractivity contribution in [2.75, 3.05) is 7.11 Å². The molecule has 0 spiro atoms. The summed E-state index contributed by atoms with van der Waals surface area (Å²) in [4.78, 5) is 0.269. The van der Waals surface area contributed by atoms with Crippen molar-refractivity contribution in [1.29, 1.82) is 0 Å². The van der Waals surface area contributed by atoms with Crippen LogP contribution in [0.4, 0.5) is 0 Å². The number of ether oxygens (including phenoxy) is 1. The molecule has 0 atom stereocenters. The van der Waals surface area contributed by atoms with Crippen LogP contribution < -0.4 is 9.46 Å². The van der Waals surface area contributed by atoms with E-state index in [1.165, 1.54) is 6.42 Å². The van der Waals surface area contributed by atoms with Gasteiger partial charge >= 0.3 is 0 Å². The molecule has 0 saturated heterocycles. The zero-order valence-electron chi connectivity index (χ0n) is 10.9. The fourth-order valence-electron chi connectivity index (χ4n) is 2.32. The van der Waals surface area contributed by atoms with Gasteiger partial charge in [0.15, 0.2) is 0 Å². The van der Waals surface area contributed by atoms with Crippen LogP contribution in [0.3, 0.4) is 0 Å². The first-order chi connectivity index (χ1) is 9.03. The summed E-state index contributed by atoms with van der Waals surface area (Å²) in [6.45, 7) is 0. The Morgan fingerprint density at radius 2 is 1.95 bits per heavy atom. The van der Waals surface area contributed by atoms with Crippen LogP contribution in [0.5, 0.6) is 5.75 Å². The summed E-state index contributed by atoms with van der Waals surface area (Å²) in [5.41, 5.74) is 0. The van der Waals surface area contributed by atoms with Gasteiger partial charge in [0.25, 0.3) is 0 Å². The molecule has 0 bridgehead atoms. The van der Waals surface area contributed by atoms with Crippen molar-refractivity contribution in [2.45, 2.75) is 43.0 Å². The first kappa shape index (κ1) is 14.8. The third kappa shape index (κ3) is 3.70. The Morgan fingerprint density at radius 1 is 1.26 bits per heavy atom. The zero-order valence-corrected chi connectivity index (χ0v) is 13.3. The number of methoxy groups -OCH3 is 1. The lowest BCUT2D eigenvalue weighted by atomic mass is 9.96. The summed E-state index contributed by atoms with van der Waals surface area (Å²) >= 11 is 3.31. The predicted molar refractivity (Wildman–Crippen MR) is 77.9 cm³/mol. The van der Waals surface area contributed by atoms with Gasteiger partial charge in [-0.05, 0) is 47.0 Å². The summed E-state index contributed by atoms with van der Waals surface area (Å²) in [5, 5.41) is 0. The second kappa shape index (κ2) is 6.24. The molecular formula is C13H18BrNO3S. The highest BCUT2D eigenvalue weighted by Gasteiger charge is 2.22. The van der Waals surface area contributed by atoms with Gasteiger partial charge < -0.3 is 4.74 Å². The van der Waals surface area contributed by atoms with Gasteiger partial charge in [-0.15, -0.1) is 0 Å². The molecule has 106 valence electrons. The molecule has 1 N–H and O–H groups in total. The van der Waals surface area contributed by atoms with Crippen LogP contribution in [-0.4, -0.2) is 21.6 Å². The molecule has 4 nitrogen and oxygen atoms in total. The van der Waals surface area contributed by atoms with E-state index in [4.69, 9.17) is 4.74 Å². The van der Waals surface area contributed by atoms with Gasteiger partial charge in [-0.2, -0.15) is 0 Å². The highest BCUT2D eigenvalue weighted by atomic mass is 79.9. The van der Waals surface area contributed by atoms with Crippen LogP contribution in [0, 0.1) is 0 Å². The smallest absolute Gasteiger partial charge is 0.240 e. The van der Waals surface area contributed by atoms with E-state index in [1.54, 1.807) is 25.3 Å². The van der Waals surface area contributed by atoms with Gasteiger partial charge in [-0.1, -0.05) is 19.3 Å². The van der Waals surface area contributed by atoms with E-state index >= 15 is 0 Å². The van der Waals surface area contributed by atoms with Crippen LogP contribution in [0.1, 0.15) is 32.1 Å². The lowest BCUT2D eigenvalue weighted by Gasteiger charge is -2.22. The van der Waals surface area contributed by atoms with Crippen molar-refractivity contribution in [1.82, 2.24) is 4.72 Å². The Labute approximate surface area is 122 Å². The Balaban J connectivity index is 2.16. The number of sulfonamides is 1. The SMILES string of the molecule is COc1ccc(S(=O)(=O)NC2CCCCC2)cc1Br. The molecule has 0 aliphatic heterocycles. The third-order valence-electron chi connectivity index (χ3n) is 3.36. The lowest BCUT2D eigenvalue weighted by molar-refractivity contribution is 0.410. The Bertz CT molecular complexity index is 539. The summed E-state index contributed by atoms with van der Waals surface area (Å²) < 4.78 is 33.1. The van der Waals surface area contributed by atoms with E-state index in [2.05, 4.69) is 20.7 Å². The van der Waals surface area contributed by atoms with Gasteiger partial charge in [0.2, 0.25) is 10.0 Å². The van der Waals surface area contributed by atoms with Crippen LogP contribution in [0.25, 0.3) is 0 Å². The van der Waals surface area contributed by atoms with E-state index in [0.717, 1.165) is 25.7 Å². The van der Waals surface area contributed by atoms with E-state index < -0.39 is 10.0 Å². The van der Waals surface area contributed by atoms with E-state index in [1.807, 2.05) is 0 Å². The molecule has 1 fully saturated rings. The van der Waals surface area contributed by atoms with Crippen LogP contribution in [-0.2, 0) is 10.0 Å². The third-order valence-corrected chi connectivity index (χ3v) is 5.50. The summed E-state index contributed by atoms with van der Waals surface area (Å²) in [6.07, 6.45) is 5.25. The zero-order chi connectivity index (χ0) is 13.9. The van der Waals surface area contributed by atoms with E-state index in [-0.39, 0.29) is 10.9 Å². The maximum Gasteiger partial charge on any atom is 0.240 e. The lowest BCUT2D eigenvalue weighted by Crippen LogP contribution is -2.36. The molecule has 19 heavy (non-hydrogen) atoms. The minimum absolute atomic E-state index is 0.0691. The average molecular weight is 348 g/mol. The van der Waals surface area contributed by atoms with Gasteiger partial charge in [0.05, 0.1) is 16.5 Å². The number of hydrogen-bond acceptors (Lipinski definition) is 3. The fourth-order valence-corrected chi connectivity index (χ4v) is 4.35. The van der Waals surface area contributed by atoms with Crippen LogP contribution in [0.15, 0.2) is 27.6 Å². The number of hydrogen-bond donors (Lipinski definition) is 1. The fraction of sp³-hybridized carbons (Fsp3) is 0.538. The summed E-state index contributed by atoms with van der Waals surface area (Å²) in [5.74, 6) is 0.622. The van der Waals surface area contributed by atoms with E-state index in [9.17, 15) is 8.42 Å². The van der Waals surface area contributed by atoms with Crippen molar-refractivity contribution in [2.24, 2.45) is 0 Å². The largest absolute Gasteiger partial charge is 0.496 e. The number of halogens is 1. The number of rotatable bonds is 4. The van der Waals surface area contributed by atoms with Gasteiger partial charge in [0, 0.05) is 6.04 Å². The first-order valence-electron chi connectivity index (χ1n) is 6.39. The standard InChI is InChI=1S/C13H18BrNO3S/c1-18-13-8-7-11(9-12(13)14)19(16,17)15-10-5-3-2-4-6-10/h7-10,15H,2-6H2,1H3. The van der Waals surface area contributed by atoms with Crippen molar-refractivity contribution >= 4 is 26.0 Å². The molecule has 0 heterocycles. The molecule has 0 aromatic heterocycles. The van der Waals surface area contributed by atoms with Crippen molar-refractivity contribution in [3.8, 4) is 5.75 Å². The molecule has 0 amide bonds. The molecule has 1 saturated carbocycles. The van der Waals surface area contributed by atoms with Gasteiger partial charge in [0.1, 0.15) is 5.75 Å². The summed E-state index contributed by atoms with van der Waals surface area (Å²) in [7, 11) is -1.89. The predicted octanol–water partition coefficient (Wildman–Crippen LogP) is 3.07. The topological polar surface area (TPSA) is 55.4 Å². The van der Waals surface area contributed by atoms with Crippen molar-refractivity contribution in [3.05, 3.63) is 22.7 Å². The molecule has 2 rings (SSSR count). The van der Waals surface area contributed by atoms with Gasteiger partial charge in [-0.25, -0.2) is 13.1 Å². The van der Waals surface area contributed by atoms with Crippen LogP contribution >= 0.6 is 15.9 Å². The number of nitrogens with one attached hydrogen (secondary N) is 1. The highest BCUT2D eigenvalue weighted by Crippen LogP contribution is 2.28. The average Bonchev–Trinajstić information content (AvgIpc) is 2.39. The van der Waals surface area contributed by atoms with E-state index in [0.29, 0.717) is 10.2 Å². The number of benzene rings is 1. The second-order valence-electron chi connectivity index (χ2n) is 4.75. The highest BCUT2D eigenvalue weighted by molar-refractivity contribution is 9.10. The Kier molecular flexibility index (Phi) is 4.86. The monoisotopic (exact) mass is 347 g/mol. The second-order valence-corrected chi connectivity index (χ2v) is 7.32. The molecule has 1 aromatic carbocycles. The minimum Gasteiger partial charge on any atom is -0.496 e. The normalized spacial score (nSPS) is 17.4. The first-order valence-corrected chi connectivity index (χ1v) is 8.66. The van der Waals surface area contributed by atoms with Crippen molar-refractivity contribution in [3.63, 3.8) is 0 Å². The molecule has 1 aliphatic rings. The molecule has 0 radical (unpaired) electrons. The van der Waals surface area contributed by atoms with Crippen LogP contribution in [0.2, 0.25) is 0 Å². The molecule has 1 aromatic rings. The quantitative estimate of drug-likeness (QED) is 0.910.